The second-order valence-electron chi connectivity index (χ2n) is 5.54. The maximum Gasteiger partial charge on any atom is 0.325 e. The molecule has 0 bridgehead atoms. The lowest BCUT2D eigenvalue weighted by Crippen LogP contribution is -2.41. The summed E-state index contributed by atoms with van der Waals surface area (Å²) in [6.07, 6.45) is 0.226. The van der Waals surface area contributed by atoms with E-state index in [2.05, 4.69) is 5.32 Å². The van der Waals surface area contributed by atoms with Crippen LogP contribution in [0.25, 0.3) is 0 Å². The molecule has 19 heavy (non-hydrogen) atoms. The summed E-state index contributed by atoms with van der Waals surface area (Å²) in [5, 5.41) is 11.9. The number of urea groups is 1. The first-order valence-electron chi connectivity index (χ1n) is 6.41. The van der Waals surface area contributed by atoms with Crippen LogP contribution in [-0.2, 0) is 9.59 Å². The van der Waals surface area contributed by atoms with E-state index in [-0.39, 0.29) is 24.8 Å². The van der Waals surface area contributed by atoms with E-state index >= 15 is 0 Å². The molecule has 0 saturated carbocycles. The van der Waals surface area contributed by atoms with Gasteiger partial charge in [-0.05, 0) is 20.3 Å². The van der Waals surface area contributed by atoms with E-state index in [1.807, 2.05) is 0 Å². The molecule has 2 fully saturated rings. The van der Waals surface area contributed by atoms with E-state index in [1.54, 1.807) is 18.7 Å². The van der Waals surface area contributed by atoms with Gasteiger partial charge in [0, 0.05) is 26.1 Å². The summed E-state index contributed by atoms with van der Waals surface area (Å²) < 4.78 is 0. The summed E-state index contributed by atoms with van der Waals surface area (Å²) in [6, 6.07) is -0.454. The molecule has 0 spiro atoms. The molecule has 2 rings (SSSR count). The van der Waals surface area contributed by atoms with Gasteiger partial charge in [-0.15, -0.1) is 0 Å². The van der Waals surface area contributed by atoms with Crippen molar-refractivity contribution >= 4 is 17.8 Å². The van der Waals surface area contributed by atoms with Crippen molar-refractivity contribution in [3.63, 3.8) is 0 Å². The Balaban J connectivity index is 1.87. The van der Waals surface area contributed by atoms with Crippen LogP contribution in [0.1, 0.15) is 26.7 Å². The minimum Gasteiger partial charge on any atom is -0.391 e. The van der Waals surface area contributed by atoms with Crippen LogP contribution < -0.4 is 5.32 Å². The van der Waals surface area contributed by atoms with Gasteiger partial charge in [-0.3, -0.25) is 14.5 Å². The predicted octanol–water partition coefficient (Wildman–Crippen LogP) is -0.700. The number of nitrogens with one attached hydrogen (secondary N) is 1. The van der Waals surface area contributed by atoms with Gasteiger partial charge in [-0.1, -0.05) is 0 Å². The predicted molar refractivity (Wildman–Crippen MR) is 66.1 cm³/mol. The summed E-state index contributed by atoms with van der Waals surface area (Å²) in [7, 11) is 0. The third-order valence-corrected chi connectivity index (χ3v) is 3.51. The number of carbonyl (C=O) groups is 3. The van der Waals surface area contributed by atoms with E-state index in [0.29, 0.717) is 19.5 Å². The Morgan fingerprint density at radius 2 is 2.16 bits per heavy atom. The van der Waals surface area contributed by atoms with Crippen LogP contribution in [0.2, 0.25) is 0 Å². The van der Waals surface area contributed by atoms with E-state index in [4.69, 9.17) is 0 Å². The van der Waals surface area contributed by atoms with Gasteiger partial charge in [-0.2, -0.15) is 0 Å². The van der Waals surface area contributed by atoms with Crippen molar-refractivity contribution in [3.8, 4) is 0 Å². The molecule has 0 radical (unpaired) electrons. The third kappa shape index (κ3) is 2.70. The largest absolute Gasteiger partial charge is 0.391 e. The van der Waals surface area contributed by atoms with E-state index in [1.165, 1.54) is 0 Å². The van der Waals surface area contributed by atoms with Crippen LogP contribution >= 0.6 is 0 Å². The molecule has 7 heteroatoms. The highest BCUT2D eigenvalue weighted by Gasteiger charge is 2.44. The molecule has 1 atom stereocenters. The van der Waals surface area contributed by atoms with Gasteiger partial charge in [0.05, 0.1) is 6.10 Å². The Kier molecular flexibility index (Phi) is 3.49. The van der Waals surface area contributed by atoms with Gasteiger partial charge in [0.1, 0.15) is 5.54 Å². The molecule has 2 aliphatic rings. The molecular weight excluding hydrogens is 250 g/mol. The average molecular weight is 269 g/mol. The average Bonchev–Trinajstić information content (AvgIpc) is 2.81. The fourth-order valence-electron chi connectivity index (χ4n) is 2.35. The zero-order chi connectivity index (χ0) is 14.2. The van der Waals surface area contributed by atoms with Gasteiger partial charge in [-0.25, -0.2) is 4.79 Å². The van der Waals surface area contributed by atoms with E-state index < -0.39 is 17.7 Å². The molecule has 7 nitrogen and oxygen atoms in total. The Morgan fingerprint density at radius 1 is 1.47 bits per heavy atom. The van der Waals surface area contributed by atoms with Crippen LogP contribution in [0.15, 0.2) is 0 Å². The Bertz CT molecular complexity index is 421. The van der Waals surface area contributed by atoms with Crippen molar-refractivity contribution in [3.05, 3.63) is 0 Å². The molecule has 2 aliphatic heterocycles. The van der Waals surface area contributed by atoms with Crippen LogP contribution in [0.5, 0.6) is 0 Å². The Labute approximate surface area is 111 Å². The fraction of sp³-hybridized carbons (Fsp3) is 0.750. The molecule has 0 unspecified atom stereocenters. The molecule has 106 valence electrons. The maximum absolute atomic E-state index is 11.9. The number of aliphatic hydroxyl groups excluding tert-OH is 1. The first-order valence-corrected chi connectivity index (χ1v) is 6.41. The molecule has 2 heterocycles. The number of hydrogen-bond donors (Lipinski definition) is 2. The molecule has 2 saturated heterocycles. The van der Waals surface area contributed by atoms with E-state index in [9.17, 15) is 19.5 Å². The molecule has 0 aromatic carbocycles. The standard InChI is InChI=1S/C12H19N3O4/c1-12(2)10(18)15(11(19)13-12)6-4-9(17)14-5-3-8(16)7-14/h8,16H,3-7H2,1-2H3,(H,13,19)/t8-/m0/s1. The third-order valence-electron chi connectivity index (χ3n) is 3.51. The van der Waals surface area contributed by atoms with Gasteiger partial charge in [0.25, 0.3) is 5.91 Å². The van der Waals surface area contributed by atoms with Gasteiger partial charge >= 0.3 is 6.03 Å². The van der Waals surface area contributed by atoms with Crippen LogP contribution in [0.4, 0.5) is 4.79 Å². The normalized spacial score (nSPS) is 25.9. The van der Waals surface area contributed by atoms with Crippen molar-refractivity contribution in [2.75, 3.05) is 19.6 Å². The van der Waals surface area contributed by atoms with Crippen LogP contribution in [0.3, 0.4) is 0 Å². The lowest BCUT2D eigenvalue weighted by atomic mass is 10.1. The molecule has 0 aromatic heterocycles. The lowest BCUT2D eigenvalue weighted by molar-refractivity contribution is -0.132. The van der Waals surface area contributed by atoms with Crippen LogP contribution in [0, 0.1) is 0 Å². The second kappa shape index (κ2) is 4.80. The monoisotopic (exact) mass is 269 g/mol. The number of rotatable bonds is 3. The number of hydrogen-bond acceptors (Lipinski definition) is 4. The minimum atomic E-state index is -0.899. The summed E-state index contributed by atoms with van der Waals surface area (Å²) >= 11 is 0. The van der Waals surface area contributed by atoms with Crippen molar-refractivity contribution in [2.45, 2.75) is 38.3 Å². The smallest absolute Gasteiger partial charge is 0.325 e. The zero-order valence-electron chi connectivity index (χ0n) is 11.2. The van der Waals surface area contributed by atoms with Crippen molar-refractivity contribution in [2.24, 2.45) is 0 Å². The first kappa shape index (κ1) is 13.8. The second-order valence-corrected chi connectivity index (χ2v) is 5.54. The number of β-amino-alcohol motifs (C(OH)–C–C–N with tert-alkyl or cyclic N) is 1. The number of aliphatic hydroxyl groups is 1. The number of imide groups is 1. The summed E-state index contributed by atoms with van der Waals surface area (Å²) in [5.41, 5.74) is -0.899. The number of nitrogens with zero attached hydrogens (tertiary/aromatic N) is 2. The quantitative estimate of drug-likeness (QED) is 0.663. The van der Waals surface area contributed by atoms with Gasteiger partial charge in [0.15, 0.2) is 0 Å². The highest BCUT2D eigenvalue weighted by Crippen LogP contribution is 2.17. The first-order chi connectivity index (χ1) is 8.81. The lowest BCUT2D eigenvalue weighted by Gasteiger charge is -2.18. The Morgan fingerprint density at radius 3 is 2.63 bits per heavy atom. The number of amides is 4. The minimum absolute atomic E-state index is 0.0829. The number of carbonyl (C=O) groups excluding carboxylic acids is 3. The van der Waals surface area contributed by atoms with Gasteiger partial charge < -0.3 is 15.3 Å². The van der Waals surface area contributed by atoms with E-state index in [0.717, 1.165) is 4.90 Å². The topological polar surface area (TPSA) is 90.0 Å². The summed E-state index contributed by atoms with van der Waals surface area (Å²) in [4.78, 5) is 38.0. The van der Waals surface area contributed by atoms with Gasteiger partial charge in [0.2, 0.25) is 5.91 Å². The van der Waals surface area contributed by atoms with Crippen molar-refractivity contribution in [1.82, 2.24) is 15.1 Å². The maximum atomic E-state index is 11.9. The van der Waals surface area contributed by atoms with Crippen LogP contribution in [-0.4, -0.2) is 64.0 Å². The fourth-order valence-corrected chi connectivity index (χ4v) is 2.35. The number of likely N-dealkylation sites (tertiary alicyclic amines) is 1. The molecule has 2 N–H and O–H groups in total. The molecule has 0 aromatic rings. The highest BCUT2D eigenvalue weighted by atomic mass is 16.3. The van der Waals surface area contributed by atoms with Crippen molar-refractivity contribution in [1.29, 1.82) is 0 Å². The van der Waals surface area contributed by atoms with Crippen molar-refractivity contribution < 1.29 is 19.5 Å². The molecule has 4 amide bonds. The highest BCUT2D eigenvalue weighted by molar-refractivity contribution is 6.06. The molecule has 0 aliphatic carbocycles. The summed E-state index contributed by atoms with van der Waals surface area (Å²) in [6.45, 7) is 4.22. The summed E-state index contributed by atoms with van der Waals surface area (Å²) in [5.74, 6) is -0.450. The Hall–Kier alpha value is -1.63. The zero-order valence-corrected chi connectivity index (χ0v) is 11.2. The SMILES string of the molecule is CC1(C)NC(=O)N(CCC(=O)N2CC[C@H](O)C2)C1=O. The molecular formula is C12H19N3O4.